The lowest BCUT2D eigenvalue weighted by molar-refractivity contribution is -0.125. The van der Waals surface area contributed by atoms with E-state index in [0.717, 1.165) is 43.6 Å². The Labute approximate surface area is 179 Å². The predicted octanol–water partition coefficient (Wildman–Crippen LogP) is 3.25. The molecule has 1 amide bonds. The van der Waals surface area contributed by atoms with E-state index in [2.05, 4.69) is 10.2 Å². The summed E-state index contributed by atoms with van der Waals surface area (Å²) in [6.45, 7) is 2.79. The highest BCUT2D eigenvalue weighted by Crippen LogP contribution is 2.28. The molecule has 30 heavy (non-hydrogen) atoms. The predicted molar refractivity (Wildman–Crippen MR) is 120 cm³/mol. The van der Waals surface area contributed by atoms with Crippen molar-refractivity contribution in [3.05, 3.63) is 57.7 Å². The molecule has 3 heterocycles. The Kier molecular flexibility index (Phi) is 5.29. The van der Waals surface area contributed by atoms with Gasteiger partial charge in [0.25, 0.3) is 5.56 Å². The van der Waals surface area contributed by atoms with Crippen molar-refractivity contribution >= 4 is 33.4 Å². The lowest BCUT2D eigenvalue weighted by atomic mass is 9.96. The first-order chi connectivity index (χ1) is 14.7. The van der Waals surface area contributed by atoms with E-state index < -0.39 is 0 Å². The van der Waals surface area contributed by atoms with Crippen LogP contribution in [0.25, 0.3) is 10.2 Å². The third-order valence-electron chi connectivity index (χ3n) is 6.14. The van der Waals surface area contributed by atoms with Crippen LogP contribution in [0.3, 0.4) is 0 Å². The molecule has 7 heteroatoms. The van der Waals surface area contributed by atoms with Crippen molar-refractivity contribution in [2.75, 3.05) is 24.5 Å². The number of piperidine rings is 1. The molecule has 0 unspecified atom stereocenters. The van der Waals surface area contributed by atoms with E-state index in [0.29, 0.717) is 23.1 Å². The van der Waals surface area contributed by atoms with Gasteiger partial charge >= 0.3 is 0 Å². The second kappa shape index (κ2) is 8.22. The normalized spacial score (nSPS) is 17.4. The quantitative estimate of drug-likeness (QED) is 0.662. The van der Waals surface area contributed by atoms with Crippen LogP contribution in [0.1, 0.15) is 31.2 Å². The SMILES string of the molecule is O=C(NCC1CC1)C1CCN(c2nc3ccsc3c(=O)n2Cc2ccccc2)CC1. The number of amides is 1. The summed E-state index contributed by atoms with van der Waals surface area (Å²) >= 11 is 1.44. The molecule has 1 N–H and O–H groups in total. The summed E-state index contributed by atoms with van der Waals surface area (Å²) in [5, 5.41) is 5.04. The molecule has 5 rings (SSSR count). The van der Waals surface area contributed by atoms with Crippen molar-refractivity contribution in [2.24, 2.45) is 11.8 Å². The van der Waals surface area contributed by atoms with E-state index in [1.54, 1.807) is 4.57 Å². The van der Waals surface area contributed by atoms with Crippen LogP contribution in [0.4, 0.5) is 5.95 Å². The van der Waals surface area contributed by atoms with Crippen LogP contribution < -0.4 is 15.8 Å². The molecule has 1 aliphatic heterocycles. The van der Waals surface area contributed by atoms with Gasteiger partial charge < -0.3 is 10.2 Å². The lowest BCUT2D eigenvalue weighted by Gasteiger charge is -2.33. The largest absolute Gasteiger partial charge is 0.356 e. The average Bonchev–Trinajstić information content (AvgIpc) is 3.49. The van der Waals surface area contributed by atoms with E-state index in [1.165, 1.54) is 24.2 Å². The minimum atomic E-state index is 0.0122. The number of carbonyl (C=O) groups excluding carboxylic acids is 1. The van der Waals surface area contributed by atoms with Crippen LogP contribution >= 0.6 is 11.3 Å². The highest BCUT2D eigenvalue weighted by molar-refractivity contribution is 7.17. The molecule has 2 aromatic heterocycles. The van der Waals surface area contributed by atoms with Crippen molar-refractivity contribution in [2.45, 2.75) is 32.2 Å². The summed E-state index contributed by atoms with van der Waals surface area (Å²) in [7, 11) is 0. The van der Waals surface area contributed by atoms with E-state index in [9.17, 15) is 9.59 Å². The fourth-order valence-electron chi connectivity index (χ4n) is 4.13. The number of anilines is 1. The molecule has 1 saturated heterocycles. The zero-order valence-corrected chi connectivity index (χ0v) is 17.7. The zero-order chi connectivity index (χ0) is 20.5. The molecule has 0 spiro atoms. The molecular formula is C23H26N4O2S. The zero-order valence-electron chi connectivity index (χ0n) is 16.9. The molecular weight excluding hydrogens is 396 g/mol. The van der Waals surface area contributed by atoms with Crippen molar-refractivity contribution in [3.63, 3.8) is 0 Å². The summed E-state index contributed by atoms with van der Waals surface area (Å²) in [4.78, 5) is 32.7. The first-order valence-electron chi connectivity index (χ1n) is 10.7. The molecule has 1 aromatic carbocycles. The number of fused-ring (bicyclic) bond motifs is 1. The fourth-order valence-corrected chi connectivity index (χ4v) is 4.91. The number of hydrogen-bond donors (Lipinski definition) is 1. The van der Waals surface area contributed by atoms with Crippen molar-refractivity contribution in [1.29, 1.82) is 0 Å². The number of benzene rings is 1. The smallest absolute Gasteiger partial charge is 0.273 e. The van der Waals surface area contributed by atoms with E-state index in [1.807, 2.05) is 41.8 Å². The van der Waals surface area contributed by atoms with E-state index in [4.69, 9.17) is 4.98 Å². The second-order valence-corrected chi connectivity index (χ2v) is 9.29. The first-order valence-corrected chi connectivity index (χ1v) is 11.6. The van der Waals surface area contributed by atoms with Gasteiger partial charge in [0.1, 0.15) is 4.70 Å². The Balaban J connectivity index is 1.37. The van der Waals surface area contributed by atoms with Gasteiger partial charge in [-0.1, -0.05) is 30.3 Å². The van der Waals surface area contributed by atoms with Crippen LogP contribution in [0.2, 0.25) is 0 Å². The maximum atomic E-state index is 13.2. The average molecular weight is 423 g/mol. The lowest BCUT2D eigenvalue weighted by Crippen LogP contribution is -2.43. The van der Waals surface area contributed by atoms with Gasteiger partial charge in [0.05, 0.1) is 12.1 Å². The molecule has 6 nitrogen and oxygen atoms in total. The molecule has 2 aliphatic rings. The standard InChI is InChI=1S/C23H26N4O2S/c28-21(24-14-16-6-7-16)18-8-11-26(12-9-18)23-25-19-10-13-30-20(19)22(29)27(23)15-17-4-2-1-3-5-17/h1-5,10,13,16,18H,6-9,11-12,14-15H2,(H,24,28). The third kappa shape index (κ3) is 3.99. The number of nitrogens with one attached hydrogen (secondary N) is 1. The summed E-state index contributed by atoms with van der Waals surface area (Å²) in [6, 6.07) is 11.9. The van der Waals surface area contributed by atoms with Gasteiger partial charge in [0, 0.05) is 25.6 Å². The molecule has 1 aliphatic carbocycles. The maximum Gasteiger partial charge on any atom is 0.273 e. The molecule has 0 radical (unpaired) electrons. The Morgan fingerprint density at radius 3 is 2.60 bits per heavy atom. The van der Waals surface area contributed by atoms with Gasteiger partial charge in [0.15, 0.2) is 0 Å². The number of hydrogen-bond acceptors (Lipinski definition) is 5. The van der Waals surface area contributed by atoms with Gasteiger partial charge in [-0.05, 0) is 48.6 Å². The minimum absolute atomic E-state index is 0.0122. The second-order valence-electron chi connectivity index (χ2n) is 8.37. The fraction of sp³-hybridized carbons (Fsp3) is 0.435. The monoisotopic (exact) mass is 422 g/mol. The summed E-state index contributed by atoms with van der Waals surface area (Å²) in [5.41, 5.74) is 1.85. The van der Waals surface area contributed by atoms with Gasteiger partial charge in [-0.2, -0.15) is 0 Å². The molecule has 0 atom stereocenters. The Hall–Kier alpha value is -2.67. The molecule has 156 valence electrons. The van der Waals surface area contributed by atoms with Gasteiger partial charge in [-0.3, -0.25) is 14.2 Å². The number of carbonyl (C=O) groups is 1. The van der Waals surface area contributed by atoms with Gasteiger partial charge in [-0.25, -0.2) is 4.98 Å². The van der Waals surface area contributed by atoms with Crippen LogP contribution in [0.5, 0.6) is 0 Å². The van der Waals surface area contributed by atoms with Gasteiger partial charge in [0.2, 0.25) is 11.9 Å². The van der Waals surface area contributed by atoms with E-state index in [-0.39, 0.29) is 17.4 Å². The first kappa shape index (κ1) is 19.3. The van der Waals surface area contributed by atoms with Crippen molar-refractivity contribution in [1.82, 2.24) is 14.9 Å². The molecule has 3 aromatic rings. The molecule has 0 bridgehead atoms. The minimum Gasteiger partial charge on any atom is -0.356 e. The van der Waals surface area contributed by atoms with Crippen molar-refractivity contribution in [3.8, 4) is 0 Å². The third-order valence-corrected chi connectivity index (χ3v) is 7.03. The highest BCUT2D eigenvalue weighted by Gasteiger charge is 2.29. The Morgan fingerprint density at radius 1 is 1.10 bits per heavy atom. The van der Waals surface area contributed by atoms with Crippen LogP contribution in [-0.4, -0.2) is 35.1 Å². The Morgan fingerprint density at radius 2 is 1.87 bits per heavy atom. The summed E-state index contributed by atoms with van der Waals surface area (Å²) < 4.78 is 2.49. The molecule has 1 saturated carbocycles. The van der Waals surface area contributed by atoms with Crippen LogP contribution in [0.15, 0.2) is 46.6 Å². The van der Waals surface area contributed by atoms with Gasteiger partial charge in [-0.15, -0.1) is 11.3 Å². The summed E-state index contributed by atoms with van der Waals surface area (Å²) in [5.74, 6) is 1.65. The van der Waals surface area contributed by atoms with Crippen LogP contribution in [0, 0.1) is 11.8 Å². The van der Waals surface area contributed by atoms with Crippen molar-refractivity contribution < 1.29 is 4.79 Å². The maximum absolute atomic E-state index is 13.2. The number of rotatable bonds is 6. The topological polar surface area (TPSA) is 67.2 Å². The van der Waals surface area contributed by atoms with Crippen LogP contribution in [-0.2, 0) is 11.3 Å². The summed E-state index contributed by atoms with van der Waals surface area (Å²) in [6.07, 6.45) is 4.07. The van der Waals surface area contributed by atoms with E-state index >= 15 is 0 Å². The highest BCUT2D eigenvalue weighted by atomic mass is 32.1. The number of aromatic nitrogens is 2. The number of thiophene rings is 1. The Bertz CT molecular complexity index is 1100. The molecule has 2 fully saturated rings. The number of nitrogens with zero attached hydrogens (tertiary/aromatic N) is 3.